The Kier molecular flexibility index (Phi) is 6.70. The summed E-state index contributed by atoms with van der Waals surface area (Å²) in [5.41, 5.74) is 4.37. The second-order valence-corrected chi connectivity index (χ2v) is 9.81. The van der Waals surface area contributed by atoms with Gasteiger partial charge < -0.3 is 10.6 Å². The van der Waals surface area contributed by atoms with Crippen molar-refractivity contribution in [2.24, 2.45) is 5.92 Å². The minimum absolute atomic E-state index is 0.0306. The maximum absolute atomic E-state index is 13.2. The van der Waals surface area contributed by atoms with Crippen LogP contribution in [0.3, 0.4) is 0 Å². The molecule has 1 atom stereocenters. The summed E-state index contributed by atoms with van der Waals surface area (Å²) in [6.45, 7) is 3.87. The van der Waals surface area contributed by atoms with Gasteiger partial charge in [0.1, 0.15) is 5.69 Å². The molecule has 0 radical (unpaired) electrons. The first kappa shape index (κ1) is 22.9. The lowest BCUT2D eigenvalue weighted by molar-refractivity contribution is -0.118. The first-order valence-corrected chi connectivity index (χ1v) is 12.1. The van der Waals surface area contributed by atoms with Crippen molar-refractivity contribution in [1.82, 2.24) is 9.97 Å². The van der Waals surface area contributed by atoms with Gasteiger partial charge in [0, 0.05) is 16.1 Å². The molecule has 0 saturated carbocycles. The highest BCUT2D eigenvalue weighted by Crippen LogP contribution is 2.32. The number of nitrogens with one attached hydrogen (secondary N) is 2. The Morgan fingerprint density at radius 3 is 2.67 bits per heavy atom. The molecule has 0 fully saturated rings. The van der Waals surface area contributed by atoms with Crippen LogP contribution in [0.1, 0.15) is 41.4 Å². The number of thiazole rings is 2. The molecule has 33 heavy (non-hydrogen) atoms. The van der Waals surface area contributed by atoms with Gasteiger partial charge in [-0.2, -0.15) is 5.26 Å². The van der Waals surface area contributed by atoms with Gasteiger partial charge in [-0.15, -0.1) is 11.3 Å². The zero-order valence-electron chi connectivity index (χ0n) is 17.6. The average Bonchev–Trinajstić information content (AvgIpc) is 3.42. The molecule has 0 spiro atoms. The van der Waals surface area contributed by atoms with E-state index >= 15 is 0 Å². The highest BCUT2D eigenvalue weighted by atomic mass is 35.5. The molecule has 2 aromatic carbocycles. The third-order valence-electron chi connectivity index (χ3n) is 4.90. The van der Waals surface area contributed by atoms with Crippen molar-refractivity contribution in [2.75, 3.05) is 10.6 Å². The lowest BCUT2D eigenvalue weighted by atomic mass is 9.87. The van der Waals surface area contributed by atoms with Gasteiger partial charge in [0.25, 0.3) is 5.91 Å². The number of rotatable bonds is 6. The Morgan fingerprint density at radius 1 is 1.15 bits per heavy atom. The van der Waals surface area contributed by atoms with E-state index in [9.17, 15) is 14.9 Å². The number of hydrogen-bond acceptors (Lipinski definition) is 7. The molecular formula is C23H18ClN5O2S2. The molecule has 4 rings (SSSR count). The summed E-state index contributed by atoms with van der Waals surface area (Å²) >= 11 is 8.82. The molecule has 0 aliphatic heterocycles. The molecule has 0 aliphatic rings. The van der Waals surface area contributed by atoms with Gasteiger partial charge in [0.05, 0.1) is 33.3 Å². The quantitative estimate of drug-likeness (QED) is 0.345. The zero-order chi connectivity index (χ0) is 23.5. The number of carbonyl (C=O) groups is 2. The SMILES string of the molecule is CC(C)C(C(=O)Nc1nc2ccc(NC(=O)c3cscn3)cc2s1)c1cc(Cl)cc(C#N)c1. The predicted molar refractivity (Wildman–Crippen MR) is 132 cm³/mol. The van der Waals surface area contributed by atoms with E-state index in [4.69, 9.17) is 11.6 Å². The number of amides is 2. The normalized spacial score (nSPS) is 11.8. The fourth-order valence-corrected chi connectivity index (χ4v) is 5.14. The number of halogens is 1. The van der Waals surface area contributed by atoms with E-state index in [2.05, 4.69) is 26.7 Å². The van der Waals surface area contributed by atoms with Crippen molar-refractivity contribution in [3.8, 4) is 6.07 Å². The van der Waals surface area contributed by atoms with Crippen LogP contribution in [0.15, 0.2) is 47.3 Å². The van der Waals surface area contributed by atoms with Gasteiger partial charge in [-0.25, -0.2) is 9.97 Å². The summed E-state index contributed by atoms with van der Waals surface area (Å²) in [6.07, 6.45) is 0. The Labute approximate surface area is 203 Å². The first-order valence-electron chi connectivity index (χ1n) is 9.95. The van der Waals surface area contributed by atoms with Crippen LogP contribution < -0.4 is 10.6 Å². The number of carbonyl (C=O) groups excluding carboxylic acids is 2. The summed E-state index contributed by atoms with van der Waals surface area (Å²) in [5, 5.41) is 17.5. The van der Waals surface area contributed by atoms with Crippen LogP contribution in [0.5, 0.6) is 0 Å². The second-order valence-electron chi connectivity index (χ2n) is 7.63. The summed E-state index contributed by atoms with van der Waals surface area (Å²) in [5.74, 6) is -1.05. The molecule has 2 heterocycles. The van der Waals surface area contributed by atoms with Crippen LogP contribution in [0.4, 0.5) is 10.8 Å². The number of nitrogens with zero attached hydrogens (tertiary/aromatic N) is 3. The molecule has 2 N–H and O–H groups in total. The molecule has 0 bridgehead atoms. The molecule has 4 aromatic rings. The largest absolute Gasteiger partial charge is 0.321 e. The Morgan fingerprint density at radius 2 is 1.97 bits per heavy atom. The van der Waals surface area contributed by atoms with Crippen molar-refractivity contribution < 1.29 is 9.59 Å². The molecule has 2 aromatic heterocycles. The number of hydrogen-bond donors (Lipinski definition) is 2. The monoisotopic (exact) mass is 495 g/mol. The van der Waals surface area contributed by atoms with Crippen LogP contribution in [0, 0.1) is 17.2 Å². The van der Waals surface area contributed by atoms with E-state index in [1.54, 1.807) is 41.2 Å². The van der Waals surface area contributed by atoms with Gasteiger partial charge in [0.15, 0.2) is 5.13 Å². The van der Waals surface area contributed by atoms with Gasteiger partial charge in [-0.05, 0) is 47.9 Å². The molecule has 0 saturated heterocycles. The third-order valence-corrected chi connectivity index (χ3v) is 6.64. The number of benzene rings is 2. The standard InChI is InChI=1S/C23H18ClN5O2S2/c1-12(2)20(14-5-13(9-25)6-15(24)7-14)22(31)29-23-28-17-4-3-16(8-19(17)33-23)27-21(30)18-10-32-11-26-18/h3-8,10-12,20H,1-2H3,(H,27,30)(H,28,29,31). The fourth-order valence-electron chi connectivity index (χ4n) is 3.45. The molecule has 7 nitrogen and oxygen atoms in total. The van der Waals surface area contributed by atoms with Crippen molar-refractivity contribution in [3.05, 3.63) is 69.1 Å². The van der Waals surface area contributed by atoms with E-state index in [1.165, 1.54) is 22.7 Å². The van der Waals surface area contributed by atoms with Crippen molar-refractivity contribution in [2.45, 2.75) is 19.8 Å². The maximum atomic E-state index is 13.2. The van der Waals surface area contributed by atoms with E-state index in [1.807, 2.05) is 19.9 Å². The van der Waals surface area contributed by atoms with E-state index in [-0.39, 0.29) is 17.7 Å². The highest BCUT2D eigenvalue weighted by molar-refractivity contribution is 7.22. The molecular weight excluding hydrogens is 478 g/mol. The summed E-state index contributed by atoms with van der Waals surface area (Å²) < 4.78 is 0.817. The minimum atomic E-state index is -0.504. The predicted octanol–water partition coefficient (Wildman–Crippen LogP) is 5.91. The van der Waals surface area contributed by atoms with E-state index < -0.39 is 5.92 Å². The summed E-state index contributed by atoms with van der Waals surface area (Å²) in [7, 11) is 0. The zero-order valence-corrected chi connectivity index (χ0v) is 20.0. The smallest absolute Gasteiger partial charge is 0.275 e. The first-order chi connectivity index (χ1) is 15.8. The number of fused-ring (bicyclic) bond motifs is 1. The summed E-state index contributed by atoms with van der Waals surface area (Å²) in [4.78, 5) is 33.9. The van der Waals surface area contributed by atoms with Gasteiger partial charge in [-0.1, -0.05) is 36.8 Å². The van der Waals surface area contributed by atoms with Crippen molar-refractivity contribution in [1.29, 1.82) is 5.26 Å². The number of nitriles is 1. The highest BCUT2D eigenvalue weighted by Gasteiger charge is 2.26. The lowest BCUT2D eigenvalue weighted by Gasteiger charge is -2.20. The third kappa shape index (κ3) is 5.20. The molecule has 10 heteroatoms. The van der Waals surface area contributed by atoms with Crippen LogP contribution in [0.25, 0.3) is 10.2 Å². The van der Waals surface area contributed by atoms with Crippen LogP contribution >= 0.6 is 34.3 Å². The molecule has 1 unspecified atom stereocenters. The molecule has 2 amide bonds. The topological polar surface area (TPSA) is 108 Å². The Hall–Kier alpha value is -3.32. The number of anilines is 2. The Balaban J connectivity index is 1.55. The van der Waals surface area contributed by atoms with Crippen LogP contribution in [-0.2, 0) is 4.79 Å². The van der Waals surface area contributed by atoms with Crippen molar-refractivity contribution in [3.63, 3.8) is 0 Å². The average molecular weight is 496 g/mol. The van der Waals surface area contributed by atoms with Crippen LogP contribution in [0.2, 0.25) is 5.02 Å². The van der Waals surface area contributed by atoms with Crippen molar-refractivity contribution >= 4 is 67.1 Å². The van der Waals surface area contributed by atoms with Gasteiger partial charge in [0.2, 0.25) is 5.91 Å². The number of aromatic nitrogens is 2. The van der Waals surface area contributed by atoms with E-state index in [0.29, 0.717) is 38.2 Å². The van der Waals surface area contributed by atoms with Gasteiger partial charge >= 0.3 is 0 Å². The molecule has 166 valence electrons. The van der Waals surface area contributed by atoms with E-state index in [0.717, 1.165) is 4.70 Å². The van der Waals surface area contributed by atoms with Gasteiger partial charge in [-0.3, -0.25) is 9.59 Å². The summed E-state index contributed by atoms with van der Waals surface area (Å²) in [6, 6.07) is 12.4. The minimum Gasteiger partial charge on any atom is -0.321 e. The maximum Gasteiger partial charge on any atom is 0.275 e. The lowest BCUT2D eigenvalue weighted by Crippen LogP contribution is -2.25. The second kappa shape index (κ2) is 9.67. The Bertz CT molecular complexity index is 1380. The molecule has 0 aliphatic carbocycles. The fraction of sp³-hybridized carbons (Fsp3) is 0.174. The van der Waals surface area contributed by atoms with Crippen LogP contribution in [-0.4, -0.2) is 21.8 Å².